The van der Waals surface area contributed by atoms with Crippen molar-refractivity contribution in [3.63, 3.8) is 0 Å². The van der Waals surface area contributed by atoms with Gasteiger partial charge in [-0.1, -0.05) is 48.3 Å². The van der Waals surface area contributed by atoms with Gasteiger partial charge in [-0.2, -0.15) is 15.0 Å². The van der Waals surface area contributed by atoms with Gasteiger partial charge in [-0.25, -0.2) is 9.69 Å². The second-order valence-electron chi connectivity index (χ2n) is 17.3. The molecular formula is C48H67Cl4N8O10P. The number of aliphatic carboxylic acids is 1. The zero-order valence-corrected chi connectivity index (χ0v) is 45.8. The number of benzene rings is 2. The molecule has 392 valence electrons. The van der Waals surface area contributed by atoms with E-state index in [4.69, 9.17) is 71.6 Å². The summed E-state index contributed by atoms with van der Waals surface area (Å²) in [5.74, 6) is -1.50. The minimum Gasteiger partial charge on any atom is -0.480 e. The average molecular weight is 1090 g/mol. The maximum atomic E-state index is 12.7. The highest BCUT2D eigenvalue weighted by Gasteiger charge is 2.40. The molecule has 0 saturated carbocycles. The van der Waals surface area contributed by atoms with E-state index in [9.17, 15) is 28.5 Å². The first-order chi connectivity index (χ1) is 33.2. The predicted molar refractivity (Wildman–Crippen MR) is 283 cm³/mol. The van der Waals surface area contributed by atoms with Gasteiger partial charge >= 0.3 is 11.9 Å². The molecule has 3 unspecified atom stereocenters. The number of esters is 1. The van der Waals surface area contributed by atoms with Gasteiger partial charge in [-0.15, -0.1) is 11.6 Å². The number of carbonyl (C=O) groups is 5. The molecular weight excluding hydrogens is 1020 g/mol. The molecule has 0 spiro atoms. The Morgan fingerprint density at radius 1 is 1.01 bits per heavy atom. The van der Waals surface area contributed by atoms with Crippen LogP contribution in [-0.2, 0) is 44.4 Å². The highest BCUT2D eigenvalue weighted by Crippen LogP contribution is 2.38. The normalized spacial score (nSPS) is 15.0. The summed E-state index contributed by atoms with van der Waals surface area (Å²) in [6.45, 7) is 18.4. The molecule has 0 radical (unpaired) electrons. The van der Waals surface area contributed by atoms with Crippen LogP contribution in [0.4, 0.5) is 23.3 Å². The van der Waals surface area contributed by atoms with Gasteiger partial charge < -0.3 is 40.7 Å². The summed E-state index contributed by atoms with van der Waals surface area (Å²) in [6.07, 6.45) is 5.33. The average Bonchev–Trinajstić information content (AvgIpc) is 3.55. The number of hydrogen-bond donors (Lipinski definition) is 5. The molecule has 3 atom stereocenters. The van der Waals surface area contributed by atoms with Crippen LogP contribution in [-0.4, -0.2) is 118 Å². The molecule has 0 bridgehead atoms. The number of alkyl halides is 1. The van der Waals surface area contributed by atoms with Gasteiger partial charge in [0.05, 0.1) is 30.6 Å². The number of nitrogens with one attached hydrogen (secondary N) is 2. The van der Waals surface area contributed by atoms with Crippen LogP contribution < -0.4 is 26.2 Å². The molecule has 18 nitrogen and oxygen atoms in total. The number of rotatable bonds is 17. The number of nitrogens with zero attached hydrogens (tertiary/aromatic N) is 5. The molecule has 1 aromatic heterocycles. The number of carboxylic acids is 1. The molecule has 6 N–H and O–H groups in total. The summed E-state index contributed by atoms with van der Waals surface area (Å²) >= 11 is 23.7. The van der Waals surface area contributed by atoms with Crippen LogP contribution in [0.25, 0.3) is 6.08 Å². The Kier molecular flexibility index (Phi) is 26.2. The number of carbonyl (C=O) groups excluding carboxylic acids is 4. The van der Waals surface area contributed by atoms with Crippen molar-refractivity contribution in [3.05, 3.63) is 79.6 Å². The van der Waals surface area contributed by atoms with Gasteiger partial charge in [-0.3, -0.25) is 23.7 Å². The fraction of sp³-hybridized carbons (Fsp3) is 0.500. The van der Waals surface area contributed by atoms with Crippen LogP contribution >= 0.6 is 53.8 Å². The standard InChI is InChI=1S/C19H17Cl2NO4.C15H22ClNO2.C9H16ClN5.C5H12NO4P/c1-2-26-19(25)16(21)10-11-9-12(7-8-15(11)20)22-17(23)13-5-3-4-6-14(13)18(22)24;1-5-13-8-6-7-11(2)15(13)17(14(18)9-16)12(3)10-19-4;1-5-11-7-12-6(10)13-8(14-7)15-9(2,3)4;1-11(9,10)3-2-4(6)5(7)8/h7-10H,2-6H2,1H3;6-8,12H,5,9-10H2,1-4H3;5H2,1-4H3,(H2,11,12,13,14,15);4H,2-3,6H2,1H3,(H,7,8)(H,9,10)/b16-10-;;;. The maximum absolute atomic E-state index is 12.7. The minimum absolute atomic E-state index is 0.0223. The third kappa shape index (κ3) is 20.4. The third-order valence-electron chi connectivity index (χ3n) is 10.2. The SMILES string of the molecule is CCNc1nc(Cl)nc(NC(C)(C)C)n1.CCOC(=O)/C(Cl)=C/c1cc(N2C(=O)C3=C(CCCC3)C2=O)ccc1Cl.CCc1cccc(C)c1N(C(=O)CCl)C(C)COC.CP(=O)(O)CCC(N)C(=O)O. The number of ether oxygens (including phenoxy) is 2. The number of methoxy groups -OCH3 is 1. The van der Waals surface area contributed by atoms with E-state index in [0.717, 1.165) is 42.6 Å². The Balaban J connectivity index is 0.000000341. The number of para-hydroxylation sites is 1. The molecule has 3 amide bonds. The lowest BCUT2D eigenvalue weighted by molar-refractivity contribution is -0.139. The third-order valence-corrected chi connectivity index (χ3v) is 12.3. The lowest BCUT2D eigenvalue weighted by atomic mass is 9.93. The van der Waals surface area contributed by atoms with Crippen molar-refractivity contribution >= 4 is 113 Å². The van der Waals surface area contributed by atoms with E-state index in [1.807, 2.05) is 53.7 Å². The van der Waals surface area contributed by atoms with Gasteiger partial charge in [-0.05, 0) is 140 Å². The highest BCUT2D eigenvalue weighted by molar-refractivity contribution is 7.57. The number of aryl methyl sites for hydroxylation is 2. The van der Waals surface area contributed by atoms with E-state index in [0.29, 0.717) is 58.8 Å². The van der Waals surface area contributed by atoms with E-state index in [2.05, 4.69) is 38.6 Å². The van der Waals surface area contributed by atoms with E-state index >= 15 is 0 Å². The number of aromatic nitrogens is 3. The lowest BCUT2D eigenvalue weighted by Crippen LogP contribution is -2.43. The molecule has 0 saturated heterocycles. The van der Waals surface area contributed by atoms with Crippen molar-refractivity contribution in [3.8, 4) is 0 Å². The van der Waals surface area contributed by atoms with Gasteiger partial charge in [0.1, 0.15) is 17.0 Å². The first-order valence-corrected chi connectivity index (χ1v) is 26.8. The molecule has 23 heteroatoms. The van der Waals surface area contributed by atoms with Crippen LogP contribution in [0.3, 0.4) is 0 Å². The van der Waals surface area contributed by atoms with Crippen molar-refractivity contribution in [1.29, 1.82) is 0 Å². The first-order valence-electron chi connectivity index (χ1n) is 22.8. The zero-order chi connectivity index (χ0) is 53.8. The van der Waals surface area contributed by atoms with Crippen molar-refractivity contribution in [2.24, 2.45) is 5.73 Å². The summed E-state index contributed by atoms with van der Waals surface area (Å²) in [5.41, 5.74) is 10.2. The number of halogens is 4. The van der Waals surface area contributed by atoms with E-state index in [-0.39, 0.29) is 64.7 Å². The van der Waals surface area contributed by atoms with Crippen LogP contribution in [0, 0.1) is 6.92 Å². The van der Waals surface area contributed by atoms with Gasteiger partial charge in [0.15, 0.2) is 7.37 Å². The molecule has 0 fully saturated rings. The Morgan fingerprint density at radius 2 is 1.62 bits per heavy atom. The maximum Gasteiger partial charge on any atom is 0.349 e. The van der Waals surface area contributed by atoms with E-state index in [1.54, 1.807) is 37.1 Å². The topological polar surface area (TPSA) is 257 Å². The van der Waals surface area contributed by atoms with Gasteiger partial charge in [0.25, 0.3) is 11.8 Å². The van der Waals surface area contributed by atoms with Crippen LogP contribution in [0.2, 0.25) is 10.3 Å². The fourth-order valence-electron chi connectivity index (χ4n) is 6.95. The largest absolute Gasteiger partial charge is 0.480 e. The van der Waals surface area contributed by atoms with E-state index < -0.39 is 25.3 Å². The smallest absolute Gasteiger partial charge is 0.349 e. The molecule has 2 aliphatic rings. The fourth-order valence-corrected chi connectivity index (χ4v) is 8.34. The number of hydrogen-bond acceptors (Lipinski definition) is 14. The Morgan fingerprint density at radius 3 is 2.13 bits per heavy atom. The number of anilines is 4. The van der Waals surface area contributed by atoms with Crippen molar-refractivity contribution in [2.45, 2.75) is 112 Å². The number of nitrogens with two attached hydrogens (primary N) is 1. The van der Waals surface area contributed by atoms with Crippen LogP contribution in [0.15, 0.2) is 52.6 Å². The van der Waals surface area contributed by atoms with Gasteiger partial charge in [0, 0.05) is 48.2 Å². The summed E-state index contributed by atoms with van der Waals surface area (Å²) in [7, 11) is -1.47. The second kappa shape index (κ2) is 29.8. The summed E-state index contributed by atoms with van der Waals surface area (Å²) < 4.78 is 20.7. The summed E-state index contributed by atoms with van der Waals surface area (Å²) in [4.78, 5) is 83.1. The number of carboxylic acid groups (broad SMARTS) is 1. The minimum atomic E-state index is -3.10. The molecule has 3 aromatic rings. The van der Waals surface area contributed by atoms with Crippen molar-refractivity contribution in [2.75, 3.05) is 66.0 Å². The summed E-state index contributed by atoms with van der Waals surface area (Å²) in [6, 6.07) is 9.75. The lowest BCUT2D eigenvalue weighted by Gasteiger charge is -2.31. The molecule has 1 aliphatic carbocycles. The Labute approximate surface area is 436 Å². The van der Waals surface area contributed by atoms with Crippen LogP contribution in [0.1, 0.15) is 97.3 Å². The molecule has 2 aromatic carbocycles. The summed E-state index contributed by atoms with van der Waals surface area (Å²) in [5, 5.41) is 14.8. The van der Waals surface area contributed by atoms with E-state index in [1.165, 1.54) is 17.6 Å². The van der Waals surface area contributed by atoms with Crippen LogP contribution in [0.5, 0.6) is 0 Å². The monoisotopic (exact) mass is 1090 g/mol. The molecule has 2 heterocycles. The first kappa shape index (κ1) is 62.5. The Bertz CT molecular complexity index is 2420. The zero-order valence-electron chi connectivity index (χ0n) is 41.9. The van der Waals surface area contributed by atoms with Gasteiger partial charge in [0.2, 0.25) is 23.1 Å². The number of imide groups is 1. The van der Waals surface area contributed by atoms with Crippen molar-refractivity contribution < 1.29 is 48.0 Å². The molecule has 71 heavy (non-hydrogen) atoms. The quantitative estimate of drug-likeness (QED) is 0.0277. The molecule has 5 rings (SSSR count). The Hall–Kier alpha value is -4.65. The second-order valence-corrected chi connectivity index (χ2v) is 21.3. The number of amides is 3. The predicted octanol–water partition coefficient (Wildman–Crippen LogP) is 9.25. The molecule has 1 aliphatic heterocycles. The highest BCUT2D eigenvalue weighted by atomic mass is 35.5. The van der Waals surface area contributed by atoms with Crippen molar-refractivity contribution in [1.82, 2.24) is 15.0 Å².